The lowest BCUT2D eigenvalue weighted by atomic mass is 9.91. The zero-order valence-corrected chi connectivity index (χ0v) is 16.4. The third-order valence-electron chi connectivity index (χ3n) is 5.42. The number of ether oxygens (including phenoxy) is 1. The van der Waals surface area contributed by atoms with Crippen molar-refractivity contribution in [2.24, 2.45) is 0 Å². The van der Waals surface area contributed by atoms with Gasteiger partial charge in [0.1, 0.15) is 5.60 Å². The van der Waals surface area contributed by atoms with Crippen LogP contribution in [0.1, 0.15) is 12.8 Å². The first-order valence-corrected chi connectivity index (χ1v) is 9.74. The van der Waals surface area contributed by atoms with Crippen LogP contribution in [-0.2, 0) is 14.3 Å². The van der Waals surface area contributed by atoms with E-state index in [1.165, 1.54) is 0 Å². The van der Waals surface area contributed by atoms with E-state index >= 15 is 0 Å². The van der Waals surface area contributed by atoms with E-state index in [0.29, 0.717) is 31.0 Å². The molecule has 2 aliphatic heterocycles. The first-order chi connectivity index (χ1) is 13.0. The summed E-state index contributed by atoms with van der Waals surface area (Å²) in [6.07, 6.45) is 1.23. The van der Waals surface area contributed by atoms with Crippen LogP contribution in [0.2, 0.25) is 5.02 Å². The van der Waals surface area contributed by atoms with Crippen LogP contribution in [0.3, 0.4) is 0 Å². The van der Waals surface area contributed by atoms with Gasteiger partial charge in [-0.25, -0.2) is 0 Å². The molecule has 3 rings (SSSR count). The van der Waals surface area contributed by atoms with Crippen LogP contribution in [0.15, 0.2) is 24.3 Å². The number of anilines is 1. The van der Waals surface area contributed by atoms with Crippen LogP contribution in [0, 0.1) is 0 Å². The fourth-order valence-corrected chi connectivity index (χ4v) is 3.85. The summed E-state index contributed by atoms with van der Waals surface area (Å²) in [6.45, 7) is 4.22. The van der Waals surface area contributed by atoms with E-state index in [1.54, 1.807) is 12.0 Å². The normalized spacial score (nSPS) is 19.6. The molecule has 27 heavy (non-hydrogen) atoms. The van der Waals surface area contributed by atoms with E-state index in [9.17, 15) is 9.59 Å². The van der Waals surface area contributed by atoms with E-state index in [4.69, 9.17) is 16.3 Å². The molecule has 0 spiro atoms. The molecule has 0 bridgehead atoms. The minimum atomic E-state index is -0.823. The Morgan fingerprint density at radius 2 is 1.93 bits per heavy atom. The number of benzene rings is 1. The molecule has 1 aromatic carbocycles. The molecule has 0 aliphatic carbocycles. The topological polar surface area (TPSA) is 73.9 Å². The number of nitrogens with one attached hydrogen (secondary N) is 2. The second kappa shape index (κ2) is 8.91. The molecule has 148 valence electrons. The Labute approximate surface area is 165 Å². The summed E-state index contributed by atoms with van der Waals surface area (Å²) in [6, 6.07) is 7.73. The summed E-state index contributed by atoms with van der Waals surface area (Å²) in [7, 11) is 1.56. The number of piperidine rings is 1. The summed E-state index contributed by atoms with van der Waals surface area (Å²) in [5.41, 5.74) is 0.243. The highest BCUT2D eigenvalue weighted by atomic mass is 35.5. The van der Waals surface area contributed by atoms with Crippen molar-refractivity contribution in [3.05, 3.63) is 29.3 Å². The summed E-state index contributed by atoms with van der Waals surface area (Å²) >= 11 is 6.06. The summed E-state index contributed by atoms with van der Waals surface area (Å²) in [5.74, 6) is -0.258. The van der Waals surface area contributed by atoms with Gasteiger partial charge >= 0.3 is 0 Å². The molecule has 2 heterocycles. The van der Waals surface area contributed by atoms with Crippen molar-refractivity contribution < 1.29 is 14.3 Å². The lowest BCUT2D eigenvalue weighted by Crippen LogP contribution is -2.56. The minimum Gasteiger partial charge on any atom is -0.368 e. The molecule has 0 saturated carbocycles. The van der Waals surface area contributed by atoms with Gasteiger partial charge in [-0.05, 0) is 44.1 Å². The van der Waals surface area contributed by atoms with Crippen molar-refractivity contribution in [2.75, 3.05) is 57.8 Å². The Bertz CT molecular complexity index is 671. The molecule has 0 unspecified atom stereocenters. The number of nitrogens with zero attached hydrogens (tertiary/aromatic N) is 2. The first kappa shape index (κ1) is 19.9. The van der Waals surface area contributed by atoms with Gasteiger partial charge in [-0.3, -0.25) is 9.59 Å². The maximum atomic E-state index is 12.6. The maximum absolute atomic E-state index is 12.6. The third kappa shape index (κ3) is 4.72. The van der Waals surface area contributed by atoms with Crippen LogP contribution in [0.4, 0.5) is 5.69 Å². The van der Waals surface area contributed by atoms with E-state index < -0.39 is 5.60 Å². The van der Waals surface area contributed by atoms with Crippen molar-refractivity contribution in [3.8, 4) is 0 Å². The van der Waals surface area contributed by atoms with E-state index in [0.717, 1.165) is 31.9 Å². The van der Waals surface area contributed by atoms with Gasteiger partial charge in [0.05, 0.1) is 6.54 Å². The SMILES string of the molecule is COC1(C(=O)NCC(=O)N2CCN(c3cccc(Cl)c3)CC2)CCNCC1. The van der Waals surface area contributed by atoms with E-state index in [1.807, 2.05) is 24.3 Å². The number of carbonyl (C=O) groups excluding carboxylic acids is 2. The maximum Gasteiger partial charge on any atom is 0.252 e. The summed E-state index contributed by atoms with van der Waals surface area (Å²) < 4.78 is 5.50. The molecule has 2 amide bonds. The average Bonchev–Trinajstić information content (AvgIpc) is 2.72. The summed E-state index contributed by atoms with van der Waals surface area (Å²) in [4.78, 5) is 29.1. The first-order valence-electron chi connectivity index (χ1n) is 9.36. The molecule has 0 atom stereocenters. The highest BCUT2D eigenvalue weighted by Crippen LogP contribution is 2.23. The van der Waals surface area contributed by atoms with Crippen LogP contribution in [-0.4, -0.2) is 75.2 Å². The van der Waals surface area contributed by atoms with Crippen molar-refractivity contribution in [2.45, 2.75) is 18.4 Å². The average molecular weight is 395 g/mol. The predicted molar refractivity (Wildman–Crippen MR) is 105 cm³/mol. The highest BCUT2D eigenvalue weighted by molar-refractivity contribution is 6.30. The Morgan fingerprint density at radius 3 is 2.56 bits per heavy atom. The molecule has 2 fully saturated rings. The zero-order chi connectivity index (χ0) is 19.3. The molecule has 2 N–H and O–H groups in total. The zero-order valence-electron chi connectivity index (χ0n) is 15.7. The quantitative estimate of drug-likeness (QED) is 0.775. The number of carbonyl (C=O) groups is 2. The van der Waals surface area contributed by atoms with Crippen molar-refractivity contribution >= 4 is 29.1 Å². The number of piperazine rings is 1. The fourth-order valence-electron chi connectivity index (χ4n) is 3.67. The van der Waals surface area contributed by atoms with Crippen molar-refractivity contribution in [1.29, 1.82) is 0 Å². The van der Waals surface area contributed by atoms with Gasteiger partial charge in [0.15, 0.2) is 0 Å². The van der Waals surface area contributed by atoms with Gasteiger partial charge in [-0.15, -0.1) is 0 Å². The van der Waals surface area contributed by atoms with Crippen LogP contribution in [0.25, 0.3) is 0 Å². The number of amides is 2. The van der Waals surface area contributed by atoms with Crippen molar-refractivity contribution in [1.82, 2.24) is 15.5 Å². The van der Waals surface area contributed by atoms with Crippen molar-refractivity contribution in [3.63, 3.8) is 0 Å². The standard InChI is InChI=1S/C19H27ClN4O3/c1-27-19(5-7-21-8-6-19)18(26)22-14-17(25)24-11-9-23(10-12-24)16-4-2-3-15(20)13-16/h2-4,13,21H,5-12,14H2,1H3,(H,22,26). The number of methoxy groups -OCH3 is 1. The van der Waals surface area contributed by atoms with Gasteiger partial charge in [-0.2, -0.15) is 0 Å². The number of rotatable bonds is 5. The Balaban J connectivity index is 1.47. The van der Waals surface area contributed by atoms with Gasteiger partial charge in [0.2, 0.25) is 5.91 Å². The Kier molecular flexibility index (Phi) is 6.57. The fraction of sp³-hybridized carbons (Fsp3) is 0.579. The molecular formula is C19H27ClN4O3. The summed E-state index contributed by atoms with van der Waals surface area (Å²) in [5, 5.41) is 6.70. The molecule has 1 aromatic rings. The van der Waals surface area contributed by atoms with E-state index in [-0.39, 0.29) is 18.4 Å². The second-order valence-electron chi connectivity index (χ2n) is 6.98. The highest BCUT2D eigenvalue weighted by Gasteiger charge is 2.39. The second-order valence-corrected chi connectivity index (χ2v) is 7.42. The van der Waals surface area contributed by atoms with Gasteiger partial charge in [0, 0.05) is 44.0 Å². The molecule has 7 nitrogen and oxygen atoms in total. The number of hydrogen-bond acceptors (Lipinski definition) is 5. The van der Waals surface area contributed by atoms with Crippen LogP contribution < -0.4 is 15.5 Å². The van der Waals surface area contributed by atoms with Gasteiger partial charge < -0.3 is 25.2 Å². The molecular weight excluding hydrogens is 368 g/mol. The van der Waals surface area contributed by atoms with Crippen LogP contribution >= 0.6 is 11.6 Å². The number of halogens is 1. The Morgan fingerprint density at radius 1 is 1.22 bits per heavy atom. The van der Waals surface area contributed by atoms with Gasteiger partial charge in [-0.1, -0.05) is 17.7 Å². The molecule has 2 aliphatic rings. The number of hydrogen-bond donors (Lipinski definition) is 2. The van der Waals surface area contributed by atoms with E-state index in [2.05, 4.69) is 15.5 Å². The molecule has 2 saturated heterocycles. The lowest BCUT2D eigenvalue weighted by molar-refractivity contribution is -0.148. The Hall–Kier alpha value is -1.83. The largest absolute Gasteiger partial charge is 0.368 e. The molecule has 8 heteroatoms. The predicted octanol–water partition coefficient (Wildman–Crippen LogP) is 0.873. The van der Waals surface area contributed by atoms with Crippen LogP contribution in [0.5, 0.6) is 0 Å². The minimum absolute atomic E-state index is 0.00847. The molecule has 0 aromatic heterocycles. The lowest BCUT2D eigenvalue weighted by Gasteiger charge is -2.37. The monoisotopic (exact) mass is 394 g/mol. The third-order valence-corrected chi connectivity index (χ3v) is 5.66. The van der Waals surface area contributed by atoms with Gasteiger partial charge in [0.25, 0.3) is 5.91 Å². The smallest absolute Gasteiger partial charge is 0.252 e. The molecule has 0 radical (unpaired) electrons.